The summed E-state index contributed by atoms with van der Waals surface area (Å²) in [7, 11) is 0. The number of hydrogen-bond donors (Lipinski definition) is 0. The van der Waals surface area contributed by atoms with Gasteiger partial charge in [-0.05, 0) is 38.0 Å². The molecule has 1 aromatic rings. The molecule has 2 rings (SSSR count). The Hall–Kier alpha value is -1.53. The molecule has 2 atom stereocenters. The van der Waals surface area contributed by atoms with Crippen molar-refractivity contribution < 1.29 is 9.47 Å². The minimum atomic E-state index is -0.101. The average Bonchev–Trinajstić information content (AvgIpc) is 2.76. The molecule has 0 spiro atoms. The van der Waals surface area contributed by atoms with Gasteiger partial charge in [0.15, 0.2) is 0 Å². The van der Waals surface area contributed by atoms with Crippen molar-refractivity contribution >= 4 is 0 Å². The van der Waals surface area contributed by atoms with Crippen molar-refractivity contribution in [3.05, 3.63) is 29.8 Å². The molecule has 0 N–H and O–H groups in total. The SMILES string of the molecule is CC(C)Oc1cccc(C2OCCC2C#N)c1. The number of nitriles is 1. The average molecular weight is 231 g/mol. The third kappa shape index (κ3) is 2.78. The first-order valence-corrected chi connectivity index (χ1v) is 5.98. The Labute approximate surface area is 102 Å². The van der Waals surface area contributed by atoms with Crippen molar-refractivity contribution in [1.29, 1.82) is 5.26 Å². The molecule has 1 aliphatic heterocycles. The summed E-state index contributed by atoms with van der Waals surface area (Å²) in [5.41, 5.74) is 1.03. The van der Waals surface area contributed by atoms with E-state index in [0.29, 0.717) is 6.61 Å². The monoisotopic (exact) mass is 231 g/mol. The lowest BCUT2D eigenvalue weighted by molar-refractivity contribution is 0.100. The van der Waals surface area contributed by atoms with E-state index in [0.717, 1.165) is 17.7 Å². The van der Waals surface area contributed by atoms with Crippen LogP contribution in [0.3, 0.4) is 0 Å². The van der Waals surface area contributed by atoms with Crippen molar-refractivity contribution in [1.82, 2.24) is 0 Å². The van der Waals surface area contributed by atoms with Crippen molar-refractivity contribution in [2.45, 2.75) is 32.5 Å². The third-order valence-electron chi connectivity index (χ3n) is 2.82. The largest absolute Gasteiger partial charge is 0.491 e. The van der Waals surface area contributed by atoms with Gasteiger partial charge in [-0.1, -0.05) is 12.1 Å². The van der Waals surface area contributed by atoms with E-state index >= 15 is 0 Å². The Morgan fingerprint density at radius 2 is 2.29 bits per heavy atom. The molecule has 3 heteroatoms. The van der Waals surface area contributed by atoms with Crippen LogP contribution in [-0.4, -0.2) is 12.7 Å². The van der Waals surface area contributed by atoms with Crippen LogP contribution in [0.15, 0.2) is 24.3 Å². The minimum Gasteiger partial charge on any atom is -0.491 e. The van der Waals surface area contributed by atoms with Gasteiger partial charge >= 0.3 is 0 Å². The fourth-order valence-electron chi connectivity index (χ4n) is 2.09. The van der Waals surface area contributed by atoms with Crippen LogP contribution >= 0.6 is 0 Å². The molecule has 0 aliphatic carbocycles. The Morgan fingerprint density at radius 3 is 3.00 bits per heavy atom. The van der Waals surface area contributed by atoms with Crippen molar-refractivity contribution in [3.8, 4) is 11.8 Å². The molecule has 17 heavy (non-hydrogen) atoms. The number of ether oxygens (including phenoxy) is 2. The smallest absolute Gasteiger partial charge is 0.120 e. The molecule has 1 aromatic carbocycles. The topological polar surface area (TPSA) is 42.2 Å². The molecular formula is C14H17NO2. The quantitative estimate of drug-likeness (QED) is 0.802. The summed E-state index contributed by atoms with van der Waals surface area (Å²) >= 11 is 0. The first-order valence-electron chi connectivity index (χ1n) is 5.98. The molecule has 0 bridgehead atoms. The van der Waals surface area contributed by atoms with E-state index in [1.54, 1.807) is 0 Å². The zero-order valence-corrected chi connectivity index (χ0v) is 10.2. The number of nitrogens with zero attached hydrogens (tertiary/aromatic N) is 1. The zero-order chi connectivity index (χ0) is 12.3. The summed E-state index contributed by atoms with van der Waals surface area (Å²) in [5.74, 6) is 0.800. The highest BCUT2D eigenvalue weighted by Gasteiger charge is 2.29. The van der Waals surface area contributed by atoms with E-state index in [-0.39, 0.29) is 18.1 Å². The maximum atomic E-state index is 9.05. The highest BCUT2D eigenvalue weighted by Crippen LogP contribution is 2.35. The third-order valence-corrected chi connectivity index (χ3v) is 2.82. The molecule has 0 amide bonds. The second kappa shape index (κ2) is 5.20. The van der Waals surface area contributed by atoms with Gasteiger partial charge in [-0.2, -0.15) is 5.26 Å². The summed E-state index contributed by atoms with van der Waals surface area (Å²) < 4.78 is 11.3. The fourth-order valence-corrected chi connectivity index (χ4v) is 2.09. The molecule has 0 saturated carbocycles. The zero-order valence-electron chi connectivity index (χ0n) is 10.2. The second-order valence-electron chi connectivity index (χ2n) is 4.55. The van der Waals surface area contributed by atoms with Gasteiger partial charge in [-0.15, -0.1) is 0 Å². The number of hydrogen-bond acceptors (Lipinski definition) is 3. The Bertz CT molecular complexity index is 422. The molecule has 1 aliphatic rings. The molecular weight excluding hydrogens is 214 g/mol. The lowest BCUT2D eigenvalue weighted by atomic mass is 9.97. The van der Waals surface area contributed by atoms with Crippen LogP contribution in [0.1, 0.15) is 31.9 Å². The summed E-state index contributed by atoms with van der Waals surface area (Å²) in [4.78, 5) is 0. The van der Waals surface area contributed by atoms with Crippen molar-refractivity contribution in [2.75, 3.05) is 6.61 Å². The summed E-state index contributed by atoms with van der Waals surface area (Å²) in [6, 6.07) is 10.2. The maximum absolute atomic E-state index is 9.05. The van der Waals surface area contributed by atoms with Crippen molar-refractivity contribution in [3.63, 3.8) is 0 Å². The molecule has 90 valence electrons. The summed E-state index contributed by atoms with van der Waals surface area (Å²) in [6.07, 6.45) is 0.869. The molecule has 3 nitrogen and oxygen atoms in total. The van der Waals surface area contributed by atoms with Gasteiger partial charge in [0.1, 0.15) is 5.75 Å². The predicted molar refractivity (Wildman–Crippen MR) is 64.6 cm³/mol. The first kappa shape index (κ1) is 11.9. The molecule has 1 saturated heterocycles. The van der Waals surface area contributed by atoms with E-state index in [2.05, 4.69) is 6.07 Å². The molecule has 1 fully saturated rings. The second-order valence-corrected chi connectivity index (χ2v) is 4.55. The van der Waals surface area contributed by atoms with Gasteiger partial charge in [-0.25, -0.2) is 0 Å². The normalized spacial score (nSPS) is 23.6. The Morgan fingerprint density at radius 1 is 1.47 bits per heavy atom. The highest BCUT2D eigenvalue weighted by atomic mass is 16.5. The van der Waals surface area contributed by atoms with Crippen molar-refractivity contribution in [2.24, 2.45) is 5.92 Å². The number of benzene rings is 1. The van der Waals surface area contributed by atoms with Crippen LogP contribution < -0.4 is 4.74 Å². The van der Waals surface area contributed by atoms with Crippen LogP contribution in [-0.2, 0) is 4.74 Å². The van der Waals surface area contributed by atoms with E-state index < -0.39 is 0 Å². The first-order chi connectivity index (χ1) is 8.20. The van der Waals surface area contributed by atoms with Gasteiger partial charge in [-0.3, -0.25) is 0 Å². The van der Waals surface area contributed by atoms with Crippen LogP contribution in [0.4, 0.5) is 0 Å². The highest BCUT2D eigenvalue weighted by molar-refractivity contribution is 5.31. The molecule has 2 unspecified atom stereocenters. The standard InChI is InChI=1S/C14H17NO2/c1-10(2)17-13-5-3-4-11(8-13)14-12(9-15)6-7-16-14/h3-5,8,10,12,14H,6-7H2,1-2H3. The van der Waals surface area contributed by atoms with Crippen LogP contribution in [0.25, 0.3) is 0 Å². The fraction of sp³-hybridized carbons (Fsp3) is 0.500. The maximum Gasteiger partial charge on any atom is 0.120 e. The van der Waals surface area contributed by atoms with Crippen LogP contribution in [0.5, 0.6) is 5.75 Å². The molecule has 1 heterocycles. The van der Waals surface area contributed by atoms with Crippen LogP contribution in [0.2, 0.25) is 0 Å². The Balaban J connectivity index is 2.18. The van der Waals surface area contributed by atoms with E-state index in [1.807, 2.05) is 38.1 Å². The molecule has 0 aromatic heterocycles. The van der Waals surface area contributed by atoms with Gasteiger partial charge in [0.2, 0.25) is 0 Å². The van der Waals surface area contributed by atoms with Gasteiger partial charge in [0.25, 0.3) is 0 Å². The van der Waals surface area contributed by atoms with E-state index in [9.17, 15) is 0 Å². The lowest BCUT2D eigenvalue weighted by Gasteiger charge is -2.15. The summed E-state index contributed by atoms with van der Waals surface area (Å²) in [6.45, 7) is 4.66. The van der Waals surface area contributed by atoms with Gasteiger partial charge in [0, 0.05) is 6.61 Å². The number of rotatable bonds is 3. The summed E-state index contributed by atoms with van der Waals surface area (Å²) in [5, 5.41) is 9.05. The molecule has 0 radical (unpaired) electrons. The van der Waals surface area contributed by atoms with E-state index in [4.69, 9.17) is 14.7 Å². The Kier molecular flexibility index (Phi) is 3.65. The predicted octanol–water partition coefficient (Wildman–Crippen LogP) is 3.07. The minimum absolute atomic E-state index is 0.0377. The van der Waals surface area contributed by atoms with Gasteiger partial charge in [0.05, 0.1) is 24.2 Å². The van der Waals surface area contributed by atoms with E-state index in [1.165, 1.54) is 0 Å². The van der Waals surface area contributed by atoms with Gasteiger partial charge < -0.3 is 9.47 Å². The lowest BCUT2D eigenvalue weighted by Crippen LogP contribution is -2.08. The van der Waals surface area contributed by atoms with Crippen LogP contribution in [0, 0.1) is 17.2 Å².